The van der Waals surface area contributed by atoms with Crippen molar-refractivity contribution >= 4 is 11.8 Å². The third kappa shape index (κ3) is 3.83. The summed E-state index contributed by atoms with van der Waals surface area (Å²) in [5.41, 5.74) is 2.31. The van der Waals surface area contributed by atoms with Gasteiger partial charge in [-0.3, -0.25) is 14.5 Å². The zero-order chi connectivity index (χ0) is 20.4. The molecule has 1 spiro atoms. The van der Waals surface area contributed by atoms with Gasteiger partial charge in [0.25, 0.3) is 5.91 Å². The maximum atomic E-state index is 13.0. The average molecular weight is 399 g/mol. The topological polar surface area (TPSA) is 78.9 Å². The van der Waals surface area contributed by atoms with Gasteiger partial charge >= 0.3 is 0 Å². The summed E-state index contributed by atoms with van der Waals surface area (Å²) in [6, 6.07) is 1.94. The molecule has 1 N–H and O–H groups in total. The molecule has 4 rings (SSSR count). The molecule has 2 aliphatic heterocycles. The molecule has 29 heavy (non-hydrogen) atoms. The highest BCUT2D eigenvalue weighted by Gasteiger charge is 2.50. The molecule has 2 saturated heterocycles. The van der Waals surface area contributed by atoms with Crippen LogP contribution in [0.2, 0.25) is 0 Å². The van der Waals surface area contributed by atoms with Crippen LogP contribution in [0.1, 0.15) is 47.2 Å². The first-order valence-electron chi connectivity index (χ1n) is 10.3. The van der Waals surface area contributed by atoms with E-state index in [0.717, 1.165) is 43.5 Å². The predicted octanol–water partition coefficient (Wildman–Crippen LogP) is 2.61. The molecule has 7 nitrogen and oxygen atoms in total. The number of hydrogen-bond donors (Lipinski definition) is 1. The summed E-state index contributed by atoms with van der Waals surface area (Å²) in [5.74, 6) is 0.0701. The van der Waals surface area contributed by atoms with Crippen LogP contribution in [0.25, 0.3) is 0 Å². The second kappa shape index (κ2) is 8.06. The standard InChI is InChI=1S/C22H29N3O4/c1-16-12-29-14-18(16)21(27)25-9-3-8-22(15-25)19(6-10-24(22)2)23-20(26)5-4-17-7-11-28-13-17/h7,11-14,19H,3-6,8-10,15H2,1-2H3,(H,23,26). The van der Waals surface area contributed by atoms with Gasteiger partial charge in [0.05, 0.1) is 35.9 Å². The first-order chi connectivity index (χ1) is 14.0. The summed E-state index contributed by atoms with van der Waals surface area (Å²) in [6.45, 7) is 4.17. The maximum Gasteiger partial charge on any atom is 0.257 e. The van der Waals surface area contributed by atoms with Crippen molar-refractivity contribution in [2.75, 3.05) is 26.7 Å². The van der Waals surface area contributed by atoms with Gasteiger partial charge in [-0.1, -0.05) is 0 Å². The number of piperidine rings is 1. The van der Waals surface area contributed by atoms with Gasteiger partial charge in [0.1, 0.15) is 6.26 Å². The Morgan fingerprint density at radius 1 is 1.24 bits per heavy atom. The summed E-state index contributed by atoms with van der Waals surface area (Å²) in [4.78, 5) is 29.9. The fourth-order valence-corrected chi connectivity index (χ4v) is 4.83. The Morgan fingerprint density at radius 3 is 2.83 bits per heavy atom. The second-order valence-electron chi connectivity index (χ2n) is 8.36. The van der Waals surface area contributed by atoms with E-state index in [2.05, 4.69) is 17.3 Å². The van der Waals surface area contributed by atoms with E-state index < -0.39 is 0 Å². The maximum absolute atomic E-state index is 13.0. The quantitative estimate of drug-likeness (QED) is 0.836. The Bertz CT molecular complexity index is 859. The van der Waals surface area contributed by atoms with Gasteiger partial charge in [-0.15, -0.1) is 0 Å². The third-order valence-corrected chi connectivity index (χ3v) is 6.59. The number of rotatable bonds is 5. The molecule has 0 bridgehead atoms. The summed E-state index contributed by atoms with van der Waals surface area (Å²) >= 11 is 0. The number of likely N-dealkylation sites (tertiary alicyclic amines) is 2. The number of nitrogens with zero attached hydrogens (tertiary/aromatic N) is 2. The Hall–Kier alpha value is -2.54. The fraction of sp³-hybridized carbons (Fsp3) is 0.545. The zero-order valence-electron chi connectivity index (χ0n) is 17.1. The Labute approximate surface area is 171 Å². The summed E-state index contributed by atoms with van der Waals surface area (Å²) in [7, 11) is 2.11. The molecule has 2 aromatic heterocycles. The van der Waals surface area contributed by atoms with Crippen molar-refractivity contribution in [3.8, 4) is 0 Å². The van der Waals surface area contributed by atoms with E-state index in [1.807, 2.05) is 17.9 Å². The van der Waals surface area contributed by atoms with E-state index in [0.29, 0.717) is 24.9 Å². The minimum atomic E-state index is -0.211. The van der Waals surface area contributed by atoms with Crippen molar-refractivity contribution in [3.63, 3.8) is 0 Å². The van der Waals surface area contributed by atoms with E-state index in [9.17, 15) is 9.59 Å². The van der Waals surface area contributed by atoms with Gasteiger partial charge in [-0.25, -0.2) is 0 Å². The fourth-order valence-electron chi connectivity index (χ4n) is 4.83. The van der Waals surface area contributed by atoms with E-state index in [1.165, 1.54) is 6.26 Å². The van der Waals surface area contributed by atoms with Gasteiger partial charge in [-0.05, 0) is 56.8 Å². The Balaban J connectivity index is 1.44. The van der Waals surface area contributed by atoms with E-state index in [4.69, 9.17) is 8.83 Å². The van der Waals surface area contributed by atoms with Crippen LogP contribution in [-0.2, 0) is 11.2 Å². The zero-order valence-corrected chi connectivity index (χ0v) is 17.1. The number of nitrogens with one attached hydrogen (secondary N) is 1. The normalized spacial score (nSPS) is 24.9. The molecule has 2 atom stereocenters. The monoisotopic (exact) mass is 399 g/mol. The number of aryl methyl sites for hydroxylation is 2. The predicted molar refractivity (Wildman–Crippen MR) is 108 cm³/mol. The lowest BCUT2D eigenvalue weighted by atomic mass is 9.82. The molecule has 2 fully saturated rings. The molecule has 2 aromatic rings. The van der Waals surface area contributed by atoms with Crippen molar-refractivity contribution in [1.82, 2.24) is 15.1 Å². The highest BCUT2D eigenvalue weighted by atomic mass is 16.3. The molecule has 0 aromatic carbocycles. The minimum Gasteiger partial charge on any atom is -0.472 e. The van der Waals surface area contributed by atoms with Crippen molar-refractivity contribution in [3.05, 3.63) is 47.8 Å². The molecule has 0 saturated carbocycles. The molecule has 0 aliphatic carbocycles. The molecule has 2 unspecified atom stereocenters. The van der Waals surface area contributed by atoms with Gasteiger partial charge in [0.15, 0.2) is 0 Å². The average Bonchev–Trinajstić information content (AvgIpc) is 3.45. The molecule has 2 amide bonds. The highest BCUT2D eigenvalue weighted by molar-refractivity contribution is 5.95. The number of likely N-dealkylation sites (N-methyl/N-ethyl adjacent to an activating group) is 1. The Morgan fingerprint density at radius 2 is 2.10 bits per heavy atom. The smallest absolute Gasteiger partial charge is 0.257 e. The summed E-state index contributed by atoms with van der Waals surface area (Å²) in [6.07, 6.45) is 10.4. The molecule has 2 aliphatic rings. The van der Waals surface area contributed by atoms with E-state index in [-0.39, 0.29) is 23.4 Å². The van der Waals surface area contributed by atoms with Crippen LogP contribution in [0.3, 0.4) is 0 Å². The van der Waals surface area contributed by atoms with Crippen molar-refractivity contribution in [1.29, 1.82) is 0 Å². The second-order valence-corrected chi connectivity index (χ2v) is 8.36. The third-order valence-electron chi connectivity index (χ3n) is 6.59. The first kappa shape index (κ1) is 19.8. The molecule has 7 heteroatoms. The lowest BCUT2D eigenvalue weighted by Gasteiger charge is -2.47. The van der Waals surface area contributed by atoms with Crippen LogP contribution in [0.15, 0.2) is 40.0 Å². The van der Waals surface area contributed by atoms with Crippen LogP contribution >= 0.6 is 0 Å². The number of carbonyl (C=O) groups excluding carboxylic acids is 2. The SMILES string of the molecule is Cc1cocc1C(=O)N1CCCC2(C1)C(NC(=O)CCc1ccoc1)CCN2C. The Kier molecular flexibility index (Phi) is 5.50. The minimum absolute atomic E-state index is 0.0145. The van der Waals surface area contributed by atoms with E-state index >= 15 is 0 Å². The van der Waals surface area contributed by atoms with Crippen LogP contribution in [0.4, 0.5) is 0 Å². The number of carbonyl (C=O) groups is 2. The summed E-state index contributed by atoms with van der Waals surface area (Å²) in [5, 5.41) is 3.27. The molecule has 156 valence electrons. The van der Waals surface area contributed by atoms with Gasteiger partial charge in [0, 0.05) is 26.1 Å². The lowest BCUT2D eigenvalue weighted by Crippen LogP contribution is -2.64. The highest BCUT2D eigenvalue weighted by Crippen LogP contribution is 2.37. The van der Waals surface area contributed by atoms with Gasteiger partial charge in [0.2, 0.25) is 5.91 Å². The van der Waals surface area contributed by atoms with Gasteiger partial charge < -0.3 is 19.1 Å². The molecule has 0 radical (unpaired) electrons. The molecular weight excluding hydrogens is 370 g/mol. The number of furan rings is 2. The van der Waals surface area contributed by atoms with E-state index in [1.54, 1.807) is 18.8 Å². The summed E-state index contributed by atoms with van der Waals surface area (Å²) < 4.78 is 10.3. The molecule has 4 heterocycles. The van der Waals surface area contributed by atoms with Crippen LogP contribution in [0.5, 0.6) is 0 Å². The lowest BCUT2D eigenvalue weighted by molar-refractivity contribution is -0.122. The number of amides is 2. The first-order valence-corrected chi connectivity index (χ1v) is 10.3. The van der Waals surface area contributed by atoms with Crippen molar-refractivity contribution < 1.29 is 18.4 Å². The van der Waals surface area contributed by atoms with Gasteiger partial charge in [-0.2, -0.15) is 0 Å². The van der Waals surface area contributed by atoms with Crippen LogP contribution < -0.4 is 5.32 Å². The van der Waals surface area contributed by atoms with Crippen molar-refractivity contribution in [2.24, 2.45) is 0 Å². The van der Waals surface area contributed by atoms with Crippen LogP contribution in [0, 0.1) is 6.92 Å². The van der Waals surface area contributed by atoms with Crippen LogP contribution in [-0.4, -0.2) is 59.9 Å². The molecular formula is C22H29N3O4. The number of hydrogen-bond acceptors (Lipinski definition) is 5. The van der Waals surface area contributed by atoms with Crippen molar-refractivity contribution in [2.45, 2.75) is 50.6 Å². The largest absolute Gasteiger partial charge is 0.472 e.